The number of fused-ring (bicyclic) bond motifs is 2. The summed E-state index contributed by atoms with van der Waals surface area (Å²) in [5.41, 5.74) is 6.58. The molecule has 0 saturated heterocycles. The van der Waals surface area contributed by atoms with Crippen LogP contribution in [0.15, 0.2) is 24.3 Å². The Morgan fingerprint density at radius 3 is 1.20 bits per heavy atom. The van der Waals surface area contributed by atoms with Gasteiger partial charge >= 0.3 is 0 Å². The highest BCUT2D eigenvalue weighted by atomic mass is 28.4. The molecule has 0 aromatic carbocycles. The molecule has 0 bridgehead atoms. The maximum absolute atomic E-state index is 7.02. The van der Waals surface area contributed by atoms with Gasteiger partial charge in [-0.25, -0.2) is 0 Å². The van der Waals surface area contributed by atoms with Crippen molar-refractivity contribution in [2.75, 3.05) is 0 Å². The molecule has 4 nitrogen and oxygen atoms in total. The van der Waals surface area contributed by atoms with Crippen molar-refractivity contribution < 1.29 is 8.85 Å². The molecule has 0 radical (unpaired) electrons. The van der Waals surface area contributed by atoms with E-state index in [1.165, 1.54) is 22.5 Å². The molecule has 2 aromatic rings. The highest BCUT2D eigenvalue weighted by Gasteiger charge is 2.47. The van der Waals surface area contributed by atoms with Crippen LogP contribution in [0, 0.1) is 0 Å². The van der Waals surface area contributed by atoms with E-state index >= 15 is 0 Å². The number of aromatic nitrogens is 2. The van der Waals surface area contributed by atoms with Crippen LogP contribution in [0.5, 0.6) is 0 Å². The Bertz CT molecular complexity index is 1150. The molecule has 2 aliphatic carbocycles. The fourth-order valence-electron chi connectivity index (χ4n) is 6.31. The molecule has 2 aromatic heterocycles. The summed E-state index contributed by atoms with van der Waals surface area (Å²) in [5.74, 6) is 0.575. The fourth-order valence-corrected chi connectivity index (χ4v) is 9.84. The van der Waals surface area contributed by atoms with E-state index in [0.717, 1.165) is 37.1 Å². The van der Waals surface area contributed by atoms with Crippen LogP contribution in [0.25, 0.3) is 11.4 Å². The quantitative estimate of drug-likeness (QED) is 0.306. The van der Waals surface area contributed by atoms with E-state index in [9.17, 15) is 0 Å². The first-order valence-electron chi connectivity index (χ1n) is 15.5. The third kappa shape index (κ3) is 5.93. The van der Waals surface area contributed by atoms with Crippen LogP contribution in [0.1, 0.15) is 116 Å². The standard InChI is InChI=1S/C34H56N2O2Si2/c1-31(2,3)39(11,12)37-33(7,8)25-19-15-23-17-21-27(35-29(23)25)28-22-18-24-16-20-26(30(24)36-28)34(9,10)38-40(13,14)32(4,5)6/h17-18,21-22,25-26H,15-16,19-20H2,1-14H3/t25-,26+. The summed E-state index contributed by atoms with van der Waals surface area (Å²) >= 11 is 0. The second-order valence-corrected chi connectivity index (χ2v) is 26.0. The molecule has 4 rings (SSSR count). The predicted octanol–water partition coefficient (Wildman–Crippen LogP) is 9.80. The van der Waals surface area contributed by atoms with E-state index in [2.05, 4.69) is 120 Å². The normalized spacial score (nSPS) is 20.6. The topological polar surface area (TPSA) is 44.2 Å². The van der Waals surface area contributed by atoms with Gasteiger partial charge in [-0.2, -0.15) is 0 Å². The van der Waals surface area contributed by atoms with Gasteiger partial charge in [0.2, 0.25) is 0 Å². The summed E-state index contributed by atoms with van der Waals surface area (Å²) in [7, 11) is -3.84. The van der Waals surface area contributed by atoms with Gasteiger partial charge in [-0.15, -0.1) is 0 Å². The Morgan fingerprint density at radius 1 is 0.575 bits per heavy atom. The zero-order chi connectivity index (χ0) is 30.1. The lowest BCUT2D eigenvalue weighted by Gasteiger charge is -2.45. The van der Waals surface area contributed by atoms with Gasteiger partial charge in [0.25, 0.3) is 0 Å². The van der Waals surface area contributed by atoms with Gasteiger partial charge in [0.15, 0.2) is 16.6 Å². The van der Waals surface area contributed by atoms with Gasteiger partial charge in [0.1, 0.15) is 0 Å². The van der Waals surface area contributed by atoms with E-state index in [-0.39, 0.29) is 33.1 Å². The third-order valence-electron chi connectivity index (χ3n) is 10.7. The van der Waals surface area contributed by atoms with Crippen LogP contribution in [0.3, 0.4) is 0 Å². The minimum atomic E-state index is -1.92. The third-order valence-corrected chi connectivity index (χ3v) is 20.0. The molecule has 222 valence electrons. The Hall–Kier alpha value is -1.35. The zero-order valence-corrected chi connectivity index (χ0v) is 30.0. The van der Waals surface area contributed by atoms with Crippen LogP contribution < -0.4 is 0 Å². The first-order valence-corrected chi connectivity index (χ1v) is 21.3. The number of pyridine rings is 2. The van der Waals surface area contributed by atoms with Gasteiger partial charge in [0, 0.05) is 11.8 Å². The van der Waals surface area contributed by atoms with Crippen molar-refractivity contribution >= 4 is 16.6 Å². The molecule has 2 aliphatic rings. The molecule has 0 N–H and O–H groups in total. The number of hydrogen-bond donors (Lipinski definition) is 0. The molecule has 0 fully saturated rings. The maximum Gasteiger partial charge on any atom is 0.192 e. The molecular weight excluding hydrogens is 525 g/mol. The van der Waals surface area contributed by atoms with Crippen molar-refractivity contribution in [3.05, 3.63) is 46.8 Å². The van der Waals surface area contributed by atoms with Crippen molar-refractivity contribution in [1.29, 1.82) is 0 Å². The molecule has 2 heterocycles. The largest absolute Gasteiger partial charge is 0.411 e. The minimum Gasteiger partial charge on any atom is -0.411 e. The zero-order valence-electron chi connectivity index (χ0n) is 28.0. The average molecular weight is 581 g/mol. The van der Waals surface area contributed by atoms with E-state index in [0.29, 0.717) is 0 Å². The molecule has 6 heteroatoms. The van der Waals surface area contributed by atoms with E-state index < -0.39 is 16.6 Å². The van der Waals surface area contributed by atoms with Crippen LogP contribution in [0.2, 0.25) is 36.3 Å². The summed E-state index contributed by atoms with van der Waals surface area (Å²) < 4.78 is 14.0. The lowest BCUT2D eigenvalue weighted by molar-refractivity contribution is 0.0602. The first-order chi connectivity index (χ1) is 18.1. The Morgan fingerprint density at radius 2 is 0.900 bits per heavy atom. The lowest BCUT2D eigenvalue weighted by atomic mass is 9.88. The van der Waals surface area contributed by atoms with E-state index in [1.54, 1.807) is 0 Å². The van der Waals surface area contributed by atoms with Gasteiger partial charge in [-0.3, -0.25) is 9.97 Å². The van der Waals surface area contributed by atoms with Crippen molar-refractivity contribution in [3.8, 4) is 11.4 Å². The summed E-state index contributed by atoms with van der Waals surface area (Å²) in [6, 6.07) is 8.94. The summed E-state index contributed by atoms with van der Waals surface area (Å²) in [6.45, 7) is 32.5. The van der Waals surface area contributed by atoms with Gasteiger partial charge in [-0.05, 0) is 113 Å². The van der Waals surface area contributed by atoms with Gasteiger partial charge in [-0.1, -0.05) is 53.7 Å². The Kier molecular flexibility index (Phi) is 8.00. The average Bonchev–Trinajstić information content (AvgIpc) is 3.40. The maximum atomic E-state index is 7.02. The van der Waals surface area contributed by atoms with E-state index in [1.807, 2.05) is 0 Å². The second-order valence-electron chi connectivity index (χ2n) is 16.6. The van der Waals surface area contributed by atoms with Crippen molar-refractivity contribution in [2.24, 2.45) is 0 Å². The smallest absolute Gasteiger partial charge is 0.192 e. The number of rotatable bonds is 7. The summed E-state index contributed by atoms with van der Waals surface area (Å²) in [6.07, 6.45) is 4.31. The number of aryl methyl sites for hydroxylation is 2. The fraction of sp³-hybridized carbons (Fsp3) is 0.706. The number of hydrogen-bond acceptors (Lipinski definition) is 4. The molecule has 0 aliphatic heterocycles. The lowest BCUT2D eigenvalue weighted by Crippen LogP contribution is -2.49. The van der Waals surface area contributed by atoms with Gasteiger partial charge < -0.3 is 8.85 Å². The molecule has 0 saturated carbocycles. The Labute approximate surface area is 247 Å². The SMILES string of the molecule is CC(C)(O[Si](C)(C)C(C)(C)C)[C@@H]1CCc2ccc(-c3ccc4c(n3)[C@@H](C(C)(C)O[Si](C)(C)C(C)(C)C)CC4)nc21. The highest BCUT2D eigenvalue weighted by molar-refractivity contribution is 6.74. The second kappa shape index (κ2) is 10.1. The molecular formula is C34H56N2O2Si2. The van der Waals surface area contributed by atoms with Crippen LogP contribution >= 0.6 is 0 Å². The Balaban J connectivity index is 1.65. The highest BCUT2D eigenvalue weighted by Crippen LogP contribution is 2.48. The van der Waals surface area contributed by atoms with Crippen molar-refractivity contribution in [2.45, 2.75) is 154 Å². The van der Waals surface area contributed by atoms with Crippen molar-refractivity contribution in [3.63, 3.8) is 0 Å². The molecule has 0 amide bonds. The predicted molar refractivity (Wildman–Crippen MR) is 174 cm³/mol. The van der Waals surface area contributed by atoms with E-state index in [4.69, 9.17) is 18.8 Å². The minimum absolute atomic E-state index is 0.175. The monoisotopic (exact) mass is 580 g/mol. The van der Waals surface area contributed by atoms with Crippen LogP contribution in [-0.2, 0) is 21.7 Å². The molecule has 0 spiro atoms. The summed E-state index contributed by atoms with van der Waals surface area (Å²) in [5, 5.41) is 0.349. The van der Waals surface area contributed by atoms with Crippen LogP contribution in [0.4, 0.5) is 0 Å². The molecule has 0 unspecified atom stereocenters. The van der Waals surface area contributed by atoms with Crippen LogP contribution in [-0.4, -0.2) is 37.8 Å². The van der Waals surface area contributed by atoms with Gasteiger partial charge in [0.05, 0.1) is 34.0 Å². The summed E-state index contributed by atoms with van der Waals surface area (Å²) in [4.78, 5) is 10.6. The first kappa shape index (κ1) is 31.6. The molecule has 2 atom stereocenters. The molecule has 40 heavy (non-hydrogen) atoms. The van der Waals surface area contributed by atoms with Crippen molar-refractivity contribution in [1.82, 2.24) is 9.97 Å². The number of nitrogens with zero attached hydrogens (tertiary/aromatic N) is 2.